The van der Waals surface area contributed by atoms with E-state index in [0.717, 1.165) is 5.69 Å². The molecule has 0 unspecified atom stereocenters. The van der Waals surface area contributed by atoms with Crippen LogP contribution in [0.1, 0.15) is 0 Å². The summed E-state index contributed by atoms with van der Waals surface area (Å²) >= 11 is 0. The maximum atomic E-state index is 12.4. The number of hydrogen-bond donors (Lipinski definition) is 0. The summed E-state index contributed by atoms with van der Waals surface area (Å²) in [4.78, 5) is 12.4. The molecule has 0 N–H and O–H groups in total. The maximum absolute atomic E-state index is 12.4. The first-order valence-electron chi connectivity index (χ1n) is 5.84. The molecule has 94 valence electrons. The van der Waals surface area contributed by atoms with Crippen LogP contribution in [0.5, 0.6) is 5.75 Å². The normalized spacial score (nSPS) is 10.8. The lowest BCUT2D eigenvalue weighted by Crippen LogP contribution is -2.31. The van der Waals surface area contributed by atoms with Crippen molar-refractivity contribution in [2.75, 3.05) is 0 Å². The first-order chi connectivity index (χ1) is 9.16. The van der Waals surface area contributed by atoms with Gasteiger partial charge in [0.15, 0.2) is 6.20 Å². The predicted molar refractivity (Wildman–Crippen MR) is 68.5 cm³/mol. The van der Waals surface area contributed by atoms with Crippen molar-refractivity contribution in [1.29, 1.82) is 0 Å². The Morgan fingerprint density at radius 2 is 2.05 bits per heavy atom. The summed E-state index contributed by atoms with van der Waals surface area (Å²) in [6.07, 6.45) is 3.26. The Morgan fingerprint density at radius 1 is 1.21 bits per heavy atom. The molecule has 0 amide bonds. The van der Waals surface area contributed by atoms with Crippen LogP contribution in [0.3, 0.4) is 0 Å². The summed E-state index contributed by atoms with van der Waals surface area (Å²) in [5.74, 6) is -0.173. The molecular weight excluding hydrogens is 242 g/mol. The minimum Gasteiger partial charge on any atom is -0.872 e. The molecule has 2 heterocycles. The molecule has 4 nitrogen and oxygen atoms in total. The SMILES string of the molecule is C[n+]1ccccc1-c1coc2cc([O-])ccc2c1=O. The van der Waals surface area contributed by atoms with E-state index in [9.17, 15) is 9.90 Å². The number of nitrogens with zero attached hydrogens (tertiary/aromatic N) is 1. The van der Waals surface area contributed by atoms with Gasteiger partial charge in [-0.05, 0) is 18.2 Å². The second kappa shape index (κ2) is 4.24. The average molecular weight is 253 g/mol. The van der Waals surface area contributed by atoms with Gasteiger partial charge in [-0.15, -0.1) is 5.75 Å². The van der Waals surface area contributed by atoms with E-state index < -0.39 is 0 Å². The third kappa shape index (κ3) is 1.87. The summed E-state index contributed by atoms with van der Waals surface area (Å²) in [5, 5.41) is 11.7. The molecule has 0 spiro atoms. The summed E-state index contributed by atoms with van der Waals surface area (Å²) in [6.45, 7) is 0. The van der Waals surface area contributed by atoms with Crippen LogP contribution in [0.2, 0.25) is 0 Å². The van der Waals surface area contributed by atoms with Gasteiger partial charge < -0.3 is 9.52 Å². The molecule has 0 aliphatic heterocycles. The van der Waals surface area contributed by atoms with E-state index in [1.807, 2.05) is 36.0 Å². The fraction of sp³-hybridized carbons (Fsp3) is 0.0667. The molecule has 0 aliphatic rings. The lowest BCUT2D eigenvalue weighted by molar-refractivity contribution is -0.660. The second-order valence-electron chi connectivity index (χ2n) is 4.33. The van der Waals surface area contributed by atoms with Gasteiger partial charge in [0.05, 0.1) is 5.39 Å². The molecule has 0 bridgehead atoms. The lowest BCUT2D eigenvalue weighted by Gasteiger charge is -2.06. The molecular formula is C15H11NO3. The molecule has 0 atom stereocenters. The molecule has 0 aliphatic carbocycles. The summed E-state index contributed by atoms with van der Waals surface area (Å²) in [7, 11) is 1.86. The van der Waals surface area contributed by atoms with Crippen molar-refractivity contribution in [2.24, 2.45) is 7.05 Å². The van der Waals surface area contributed by atoms with E-state index in [2.05, 4.69) is 0 Å². The van der Waals surface area contributed by atoms with Crippen LogP contribution in [0.4, 0.5) is 0 Å². The number of benzene rings is 1. The first kappa shape index (κ1) is 11.5. The van der Waals surface area contributed by atoms with Gasteiger partial charge in [0.1, 0.15) is 24.5 Å². The van der Waals surface area contributed by atoms with Crippen LogP contribution >= 0.6 is 0 Å². The number of rotatable bonds is 1. The highest BCUT2D eigenvalue weighted by Gasteiger charge is 2.15. The average Bonchev–Trinajstić information content (AvgIpc) is 2.40. The number of aromatic nitrogens is 1. The van der Waals surface area contributed by atoms with E-state index in [1.54, 1.807) is 0 Å². The molecule has 1 aromatic carbocycles. The van der Waals surface area contributed by atoms with E-state index in [4.69, 9.17) is 4.42 Å². The third-order valence-corrected chi connectivity index (χ3v) is 3.08. The van der Waals surface area contributed by atoms with Crippen LogP contribution in [0.15, 0.2) is 58.1 Å². The minimum atomic E-state index is -0.173. The molecule has 0 radical (unpaired) electrons. The number of pyridine rings is 1. The van der Waals surface area contributed by atoms with Crippen molar-refractivity contribution in [3.63, 3.8) is 0 Å². The molecule has 0 saturated heterocycles. The lowest BCUT2D eigenvalue weighted by atomic mass is 10.1. The largest absolute Gasteiger partial charge is 0.872 e. The monoisotopic (exact) mass is 253 g/mol. The van der Waals surface area contributed by atoms with E-state index >= 15 is 0 Å². The Hall–Kier alpha value is -2.62. The molecule has 2 aromatic heterocycles. The van der Waals surface area contributed by atoms with Crippen LogP contribution in [0.25, 0.3) is 22.2 Å². The smallest absolute Gasteiger partial charge is 0.219 e. The summed E-state index contributed by atoms with van der Waals surface area (Å²) in [6, 6.07) is 9.80. The van der Waals surface area contributed by atoms with Crippen LogP contribution in [-0.4, -0.2) is 0 Å². The van der Waals surface area contributed by atoms with Gasteiger partial charge in [-0.25, -0.2) is 4.57 Å². The Balaban J connectivity index is 2.33. The first-order valence-corrected chi connectivity index (χ1v) is 5.84. The standard InChI is InChI=1S/C15H11NO3/c1-16-7-3-2-4-13(16)12-9-19-14-8-10(17)5-6-11(14)15(12)18/h2-9H,1H3. The van der Waals surface area contributed by atoms with Gasteiger partial charge in [0.25, 0.3) is 0 Å². The second-order valence-corrected chi connectivity index (χ2v) is 4.33. The molecule has 19 heavy (non-hydrogen) atoms. The Morgan fingerprint density at radius 3 is 2.84 bits per heavy atom. The van der Waals surface area contributed by atoms with Crippen molar-refractivity contribution in [2.45, 2.75) is 0 Å². The zero-order valence-electron chi connectivity index (χ0n) is 10.3. The van der Waals surface area contributed by atoms with E-state index in [0.29, 0.717) is 16.5 Å². The van der Waals surface area contributed by atoms with Crippen molar-refractivity contribution < 1.29 is 14.1 Å². The van der Waals surface area contributed by atoms with Gasteiger partial charge in [-0.2, -0.15) is 0 Å². The molecule has 0 saturated carbocycles. The maximum Gasteiger partial charge on any atom is 0.219 e. The molecule has 3 aromatic rings. The fourth-order valence-corrected chi connectivity index (χ4v) is 2.09. The highest BCUT2D eigenvalue weighted by molar-refractivity contribution is 5.81. The fourth-order valence-electron chi connectivity index (χ4n) is 2.09. The van der Waals surface area contributed by atoms with Crippen molar-refractivity contribution in [1.82, 2.24) is 0 Å². The Bertz CT molecular complexity index is 821. The quantitative estimate of drug-likeness (QED) is 0.615. The molecule has 3 rings (SSSR count). The summed E-state index contributed by atoms with van der Waals surface area (Å²) in [5.41, 5.74) is 1.43. The van der Waals surface area contributed by atoms with Crippen molar-refractivity contribution >= 4 is 11.0 Å². The molecule has 0 fully saturated rings. The zero-order chi connectivity index (χ0) is 13.4. The zero-order valence-corrected chi connectivity index (χ0v) is 10.3. The third-order valence-electron chi connectivity index (χ3n) is 3.08. The van der Waals surface area contributed by atoms with Gasteiger partial charge in [-0.1, -0.05) is 6.07 Å². The van der Waals surface area contributed by atoms with Gasteiger partial charge in [0.2, 0.25) is 11.1 Å². The van der Waals surface area contributed by atoms with Crippen molar-refractivity contribution in [3.05, 3.63) is 59.1 Å². The van der Waals surface area contributed by atoms with Crippen LogP contribution < -0.4 is 15.1 Å². The van der Waals surface area contributed by atoms with E-state index in [-0.39, 0.29) is 11.2 Å². The number of aryl methyl sites for hydroxylation is 1. The Labute approximate surface area is 109 Å². The molecule has 4 heteroatoms. The highest BCUT2D eigenvalue weighted by Crippen LogP contribution is 2.19. The van der Waals surface area contributed by atoms with Gasteiger partial charge >= 0.3 is 0 Å². The highest BCUT2D eigenvalue weighted by atomic mass is 16.3. The van der Waals surface area contributed by atoms with E-state index in [1.165, 1.54) is 24.5 Å². The van der Waals surface area contributed by atoms with Gasteiger partial charge in [0, 0.05) is 12.1 Å². The topological polar surface area (TPSA) is 57.1 Å². The van der Waals surface area contributed by atoms with Crippen molar-refractivity contribution in [3.8, 4) is 17.0 Å². The van der Waals surface area contributed by atoms with Gasteiger partial charge in [-0.3, -0.25) is 4.79 Å². The Kier molecular flexibility index (Phi) is 2.56. The minimum absolute atomic E-state index is 0.136. The predicted octanol–water partition coefficient (Wildman–Crippen LogP) is 1.36. The van der Waals surface area contributed by atoms with Crippen LogP contribution in [0, 0.1) is 0 Å². The van der Waals surface area contributed by atoms with Crippen LogP contribution in [-0.2, 0) is 7.05 Å². The summed E-state index contributed by atoms with van der Waals surface area (Å²) < 4.78 is 7.25. The number of fused-ring (bicyclic) bond motifs is 1. The number of hydrogen-bond acceptors (Lipinski definition) is 3.